The van der Waals surface area contributed by atoms with Gasteiger partial charge in [0.05, 0.1) is 6.21 Å². The number of rotatable bonds is 6. The van der Waals surface area contributed by atoms with Crippen LogP contribution >= 0.6 is 11.3 Å². The molecule has 4 aromatic carbocycles. The van der Waals surface area contributed by atoms with Gasteiger partial charge in [-0.1, -0.05) is 101 Å². The second-order valence-electron chi connectivity index (χ2n) is 8.32. The van der Waals surface area contributed by atoms with Gasteiger partial charge in [-0.2, -0.15) is 5.10 Å². The molecule has 5 nitrogen and oxygen atoms in total. The molecule has 5 aromatic rings. The molecule has 2 N–H and O–H groups in total. The van der Waals surface area contributed by atoms with Crippen LogP contribution in [0.4, 0.5) is 10.1 Å². The van der Waals surface area contributed by atoms with Gasteiger partial charge in [0.1, 0.15) is 10.7 Å². The molecule has 0 saturated carbocycles. The van der Waals surface area contributed by atoms with E-state index in [2.05, 4.69) is 34.0 Å². The van der Waals surface area contributed by atoms with Crippen molar-refractivity contribution in [2.45, 2.75) is 13.8 Å². The molecule has 0 aliphatic heterocycles. The first-order valence-electron chi connectivity index (χ1n) is 11.3. The topological polar surface area (TPSA) is 66.4 Å². The lowest BCUT2D eigenvalue weighted by molar-refractivity contribution is 0.102. The van der Waals surface area contributed by atoms with Crippen LogP contribution in [0.1, 0.15) is 27.0 Å². The van der Waals surface area contributed by atoms with Crippen molar-refractivity contribution in [2.75, 3.05) is 10.7 Å². The van der Waals surface area contributed by atoms with Crippen LogP contribution in [0.15, 0.2) is 96.1 Å². The van der Waals surface area contributed by atoms with E-state index in [1.807, 2.05) is 86.6 Å². The Labute approximate surface area is 208 Å². The molecule has 1 aromatic heterocycles. The first-order chi connectivity index (χ1) is 17.1. The van der Waals surface area contributed by atoms with Crippen molar-refractivity contribution in [1.29, 1.82) is 0 Å². The molecule has 5 rings (SSSR count). The van der Waals surface area contributed by atoms with Gasteiger partial charge in [0, 0.05) is 16.7 Å². The molecule has 6 heteroatoms. The van der Waals surface area contributed by atoms with E-state index in [4.69, 9.17) is 4.98 Å². The lowest BCUT2D eigenvalue weighted by Crippen LogP contribution is -2.11. The summed E-state index contributed by atoms with van der Waals surface area (Å²) in [5.41, 5.74) is 8.56. The van der Waals surface area contributed by atoms with Crippen molar-refractivity contribution in [3.63, 3.8) is 0 Å². The number of anilines is 2. The van der Waals surface area contributed by atoms with Gasteiger partial charge in [0.2, 0.25) is 5.13 Å². The molecule has 0 radical (unpaired) electrons. The number of carbonyl (C=O) groups is 1. The van der Waals surface area contributed by atoms with Gasteiger partial charge in [0.15, 0.2) is 0 Å². The van der Waals surface area contributed by atoms with Crippen LogP contribution in [-0.2, 0) is 0 Å². The molecule has 0 unspecified atom stereocenters. The van der Waals surface area contributed by atoms with Crippen LogP contribution in [0.5, 0.6) is 0 Å². The summed E-state index contributed by atoms with van der Waals surface area (Å²) < 4.78 is 0. The zero-order valence-corrected chi connectivity index (χ0v) is 20.3. The Morgan fingerprint density at radius 1 is 0.857 bits per heavy atom. The fraction of sp³-hybridized carbons (Fsp3) is 0.0690. The van der Waals surface area contributed by atoms with Gasteiger partial charge in [-0.05, 0) is 36.8 Å². The molecule has 0 fully saturated rings. The minimum Gasteiger partial charge on any atom is -0.312 e. The molecule has 35 heavy (non-hydrogen) atoms. The third-order valence-corrected chi connectivity index (χ3v) is 6.56. The number of hydrazone groups is 1. The monoisotopic (exact) mass is 476 g/mol. The van der Waals surface area contributed by atoms with E-state index in [0.717, 1.165) is 33.0 Å². The predicted octanol–water partition coefficient (Wildman–Crippen LogP) is 7.28. The summed E-state index contributed by atoms with van der Waals surface area (Å²) in [7, 11) is 0. The van der Waals surface area contributed by atoms with Crippen LogP contribution in [0.25, 0.3) is 22.0 Å². The lowest BCUT2D eigenvalue weighted by atomic mass is 10.1. The van der Waals surface area contributed by atoms with Gasteiger partial charge in [-0.3, -0.25) is 10.2 Å². The zero-order valence-electron chi connectivity index (χ0n) is 19.4. The number of hydrogen-bond donors (Lipinski definition) is 2. The molecule has 0 aliphatic rings. The maximum Gasteiger partial charge on any atom is 0.256 e. The Morgan fingerprint density at radius 3 is 2.31 bits per heavy atom. The van der Waals surface area contributed by atoms with Crippen molar-refractivity contribution < 1.29 is 4.79 Å². The number of nitrogens with zero attached hydrogens (tertiary/aromatic N) is 2. The largest absolute Gasteiger partial charge is 0.312 e. The second kappa shape index (κ2) is 9.91. The fourth-order valence-electron chi connectivity index (χ4n) is 3.76. The highest BCUT2D eigenvalue weighted by atomic mass is 32.1. The third kappa shape index (κ3) is 5.13. The highest BCUT2D eigenvalue weighted by molar-refractivity contribution is 7.20. The highest BCUT2D eigenvalue weighted by Crippen LogP contribution is 2.36. The molecule has 0 atom stereocenters. The Kier molecular flexibility index (Phi) is 6.37. The average Bonchev–Trinajstić information content (AvgIpc) is 3.27. The first kappa shape index (κ1) is 22.5. The quantitative estimate of drug-likeness (QED) is 0.200. The Morgan fingerprint density at radius 2 is 1.54 bits per heavy atom. The third-order valence-electron chi connectivity index (χ3n) is 5.68. The summed E-state index contributed by atoms with van der Waals surface area (Å²) in [6.07, 6.45) is 1.79. The van der Waals surface area contributed by atoms with Crippen molar-refractivity contribution in [3.8, 4) is 11.3 Å². The second-order valence-corrected chi connectivity index (χ2v) is 9.32. The summed E-state index contributed by atoms with van der Waals surface area (Å²) in [6, 6.07) is 29.9. The number of amides is 1. The van der Waals surface area contributed by atoms with Crippen molar-refractivity contribution in [1.82, 2.24) is 4.98 Å². The van der Waals surface area contributed by atoms with E-state index in [9.17, 15) is 4.79 Å². The molecule has 172 valence electrons. The van der Waals surface area contributed by atoms with Crippen molar-refractivity contribution in [2.24, 2.45) is 5.10 Å². The number of carbonyl (C=O) groups excluding carboxylic acids is 1. The highest BCUT2D eigenvalue weighted by Gasteiger charge is 2.16. The lowest BCUT2D eigenvalue weighted by Gasteiger charge is -2.06. The van der Waals surface area contributed by atoms with E-state index >= 15 is 0 Å². The number of nitrogens with one attached hydrogen (secondary N) is 2. The minimum absolute atomic E-state index is 0.173. The SMILES string of the molecule is Cc1ccc(C(=O)Nc2sc(N/N=C\c3cccc4ccccc34)nc2-c2ccc(C)cc2)cc1. The summed E-state index contributed by atoms with van der Waals surface area (Å²) in [4.78, 5) is 17.7. The van der Waals surface area contributed by atoms with E-state index in [1.165, 1.54) is 11.3 Å². The molecule has 0 bridgehead atoms. The number of fused-ring (bicyclic) bond motifs is 1. The number of hydrogen-bond acceptors (Lipinski definition) is 5. The van der Waals surface area contributed by atoms with Gasteiger partial charge in [-0.25, -0.2) is 4.98 Å². The van der Waals surface area contributed by atoms with E-state index < -0.39 is 0 Å². The van der Waals surface area contributed by atoms with E-state index in [1.54, 1.807) is 6.21 Å². The molecular weight excluding hydrogens is 452 g/mol. The Hall–Kier alpha value is -4.29. The standard InChI is InChI=1S/C29H24N4OS/c1-19-10-14-22(15-11-19)26-28(32-27(34)23-16-12-20(2)13-17-23)35-29(31-26)33-30-18-24-8-5-7-21-6-3-4-9-25(21)24/h3-18H,1-2H3,(H,31,33)(H,32,34)/b30-18-. The first-order valence-corrected chi connectivity index (χ1v) is 12.1. The number of aryl methyl sites for hydroxylation is 2. The van der Waals surface area contributed by atoms with Gasteiger partial charge < -0.3 is 5.32 Å². The average molecular weight is 477 g/mol. The zero-order chi connectivity index (χ0) is 24.2. The molecule has 0 aliphatic carbocycles. The van der Waals surface area contributed by atoms with Gasteiger partial charge in [0.25, 0.3) is 5.91 Å². The summed E-state index contributed by atoms with van der Waals surface area (Å²) in [6.45, 7) is 4.04. The maximum absolute atomic E-state index is 12.9. The van der Waals surface area contributed by atoms with Gasteiger partial charge >= 0.3 is 0 Å². The fourth-order valence-corrected chi connectivity index (χ4v) is 4.59. The maximum atomic E-state index is 12.9. The molecule has 1 heterocycles. The molecule has 0 saturated heterocycles. The summed E-state index contributed by atoms with van der Waals surface area (Å²) >= 11 is 1.36. The number of aromatic nitrogens is 1. The normalized spacial score (nSPS) is 11.1. The Bertz CT molecular complexity index is 1510. The number of benzene rings is 4. The van der Waals surface area contributed by atoms with E-state index in [-0.39, 0.29) is 5.91 Å². The Balaban J connectivity index is 1.42. The van der Waals surface area contributed by atoms with Crippen LogP contribution < -0.4 is 10.7 Å². The van der Waals surface area contributed by atoms with Crippen LogP contribution in [0, 0.1) is 13.8 Å². The summed E-state index contributed by atoms with van der Waals surface area (Å²) in [5.74, 6) is -0.173. The van der Waals surface area contributed by atoms with Gasteiger partial charge in [-0.15, -0.1) is 0 Å². The predicted molar refractivity (Wildman–Crippen MR) is 147 cm³/mol. The van der Waals surface area contributed by atoms with Crippen LogP contribution in [0.2, 0.25) is 0 Å². The van der Waals surface area contributed by atoms with Crippen molar-refractivity contribution in [3.05, 3.63) is 113 Å². The smallest absolute Gasteiger partial charge is 0.256 e. The van der Waals surface area contributed by atoms with Crippen molar-refractivity contribution >= 4 is 44.4 Å². The number of thiazole rings is 1. The van der Waals surface area contributed by atoms with E-state index in [0.29, 0.717) is 21.4 Å². The molecule has 0 spiro atoms. The molecule has 1 amide bonds. The summed E-state index contributed by atoms with van der Waals surface area (Å²) in [5, 5.41) is 11.0. The minimum atomic E-state index is -0.173. The van der Waals surface area contributed by atoms with Crippen LogP contribution in [0.3, 0.4) is 0 Å². The van der Waals surface area contributed by atoms with Crippen LogP contribution in [-0.4, -0.2) is 17.1 Å². The molecular formula is C29H24N4OS.